The van der Waals surface area contributed by atoms with Crippen molar-refractivity contribution >= 4 is 24.2 Å². The molecule has 2 aliphatic rings. The van der Waals surface area contributed by atoms with Crippen LogP contribution in [0.3, 0.4) is 0 Å². The number of benzene rings is 1. The summed E-state index contributed by atoms with van der Waals surface area (Å²) in [6.45, 7) is 6.15. The minimum Gasteiger partial charge on any atom is -0.491 e. The Morgan fingerprint density at radius 1 is 1.07 bits per heavy atom. The second kappa shape index (κ2) is 13.0. The topological polar surface area (TPSA) is 50.8 Å². The third-order valence-electron chi connectivity index (χ3n) is 5.87. The fraction of sp³-hybridized carbons (Fsp3) is 0.696. The zero-order valence-corrected chi connectivity index (χ0v) is 18.6. The second-order valence-electron chi connectivity index (χ2n) is 8.17. The number of carbonyl (C=O) groups is 1. The standard InChI is InChI=1S/C23H36N2O3.ClH/c1-2-17-27-22-14-8-7-12-20(22)24-23(26)28-21-13-6-3-5-11-19(21)18-25-15-9-4-10-16-25;/h7-8,12,14,19,21H,2-6,9-11,13,15-18H2,1H3,(H,24,26);1H. The van der Waals surface area contributed by atoms with Gasteiger partial charge in [-0.2, -0.15) is 0 Å². The molecular formula is C23H37ClN2O3. The van der Waals surface area contributed by atoms with Gasteiger partial charge >= 0.3 is 6.09 Å². The third kappa shape index (κ3) is 7.71. The van der Waals surface area contributed by atoms with Gasteiger partial charge < -0.3 is 14.4 Å². The smallest absolute Gasteiger partial charge is 0.412 e. The van der Waals surface area contributed by atoms with E-state index in [1.54, 1.807) is 0 Å². The highest BCUT2D eigenvalue weighted by molar-refractivity contribution is 5.86. The molecule has 2 fully saturated rings. The zero-order chi connectivity index (χ0) is 19.6. The van der Waals surface area contributed by atoms with Crippen molar-refractivity contribution in [3.05, 3.63) is 24.3 Å². The van der Waals surface area contributed by atoms with Crippen LogP contribution in [-0.4, -0.2) is 43.3 Å². The molecule has 0 bridgehead atoms. The summed E-state index contributed by atoms with van der Waals surface area (Å²) in [5.41, 5.74) is 0.683. The molecule has 2 unspecified atom stereocenters. The van der Waals surface area contributed by atoms with Gasteiger partial charge in [0, 0.05) is 12.5 Å². The molecule has 29 heavy (non-hydrogen) atoms. The molecule has 2 atom stereocenters. The summed E-state index contributed by atoms with van der Waals surface area (Å²) >= 11 is 0. The van der Waals surface area contributed by atoms with Gasteiger partial charge in [0.1, 0.15) is 11.9 Å². The number of hydrogen-bond donors (Lipinski definition) is 1. The van der Waals surface area contributed by atoms with Crippen LogP contribution in [0.2, 0.25) is 0 Å². The van der Waals surface area contributed by atoms with Crippen molar-refractivity contribution in [2.45, 2.75) is 70.8 Å². The molecule has 1 aromatic rings. The molecule has 1 aliphatic carbocycles. The number of nitrogens with one attached hydrogen (secondary N) is 1. The van der Waals surface area contributed by atoms with E-state index in [0.29, 0.717) is 24.0 Å². The Morgan fingerprint density at radius 3 is 2.59 bits per heavy atom. The van der Waals surface area contributed by atoms with Gasteiger partial charge in [-0.1, -0.05) is 38.3 Å². The van der Waals surface area contributed by atoms with Crippen LogP contribution < -0.4 is 10.1 Å². The maximum atomic E-state index is 12.7. The van der Waals surface area contributed by atoms with Gasteiger partial charge in [0.15, 0.2) is 0 Å². The minimum atomic E-state index is -0.358. The Morgan fingerprint density at radius 2 is 1.79 bits per heavy atom. The molecule has 1 amide bonds. The zero-order valence-electron chi connectivity index (χ0n) is 17.7. The summed E-state index contributed by atoms with van der Waals surface area (Å²) in [6.07, 6.45) is 10.3. The van der Waals surface area contributed by atoms with Gasteiger partial charge in [-0.15, -0.1) is 12.4 Å². The fourth-order valence-electron chi connectivity index (χ4n) is 4.37. The summed E-state index contributed by atoms with van der Waals surface area (Å²) in [5, 5.41) is 2.91. The Kier molecular flexibility index (Phi) is 10.6. The molecule has 3 rings (SSSR count). The number of hydrogen-bond acceptors (Lipinski definition) is 4. The molecule has 1 saturated heterocycles. The fourth-order valence-corrected chi connectivity index (χ4v) is 4.37. The van der Waals surface area contributed by atoms with E-state index in [0.717, 1.165) is 32.2 Å². The molecular weight excluding hydrogens is 388 g/mol. The first-order valence-corrected chi connectivity index (χ1v) is 11.2. The average Bonchev–Trinajstić information content (AvgIpc) is 2.93. The van der Waals surface area contributed by atoms with E-state index in [-0.39, 0.29) is 24.6 Å². The lowest BCUT2D eigenvalue weighted by Gasteiger charge is -2.33. The van der Waals surface area contributed by atoms with Crippen molar-refractivity contribution < 1.29 is 14.3 Å². The van der Waals surface area contributed by atoms with Gasteiger partial charge in [-0.25, -0.2) is 4.79 Å². The predicted octanol–water partition coefficient (Wildman–Crippen LogP) is 5.88. The summed E-state index contributed by atoms with van der Waals surface area (Å²) in [4.78, 5) is 15.2. The monoisotopic (exact) mass is 424 g/mol. The molecule has 1 aliphatic heterocycles. The normalized spacial score (nSPS) is 22.8. The Labute approximate surface area is 181 Å². The van der Waals surface area contributed by atoms with Crippen molar-refractivity contribution in [1.82, 2.24) is 4.90 Å². The van der Waals surface area contributed by atoms with Crippen LogP contribution in [0.15, 0.2) is 24.3 Å². The molecule has 5 nitrogen and oxygen atoms in total. The molecule has 0 aromatic heterocycles. The number of amides is 1. The van der Waals surface area contributed by atoms with E-state index >= 15 is 0 Å². The number of nitrogens with zero attached hydrogens (tertiary/aromatic N) is 1. The van der Waals surface area contributed by atoms with Crippen LogP contribution in [0.1, 0.15) is 64.7 Å². The number of ether oxygens (including phenoxy) is 2. The molecule has 6 heteroatoms. The number of halogens is 1. The number of piperidine rings is 1. The van der Waals surface area contributed by atoms with E-state index in [9.17, 15) is 4.79 Å². The second-order valence-corrected chi connectivity index (χ2v) is 8.17. The highest BCUT2D eigenvalue weighted by Crippen LogP contribution is 2.29. The third-order valence-corrected chi connectivity index (χ3v) is 5.87. The number of likely N-dealkylation sites (tertiary alicyclic amines) is 1. The molecule has 0 spiro atoms. The Balaban J connectivity index is 0.00000300. The van der Waals surface area contributed by atoms with Crippen LogP contribution in [-0.2, 0) is 4.74 Å². The van der Waals surface area contributed by atoms with Crippen LogP contribution in [0.4, 0.5) is 10.5 Å². The summed E-state index contributed by atoms with van der Waals surface area (Å²) in [6, 6.07) is 7.57. The Bertz CT molecular complexity index is 608. The molecule has 1 aromatic carbocycles. The lowest BCUT2D eigenvalue weighted by Crippen LogP contribution is -2.39. The minimum absolute atomic E-state index is 0. The average molecular weight is 425 g/mol. The number of anilines is 1. The molecule has 1 heterocycles. The van der Waals surface area contributed by atoms with E-state index in [1.807, 2.05) is 24.3 Å². The first kappa shape index (κ1) is 23.8. The van der Waals surface area contributed by atoms with E-state index in [2.05, 4.69) is 17.1 Å². The highest BCUT2D eigenvalue weighted by atomic mass is 35.5. The summed E-state index contributed by atoms with van der Waals surface area (Å²) < 4.78 is 11.7. The van der Waals surface area contributed by atoms with Gasteiger partial charge in [-0.05, 0) is 63.7 Å². The molecule has 1 N–H and O–H groups in total. The van der Waals surface area contributed by atoms with Gasteiger partial charge in [0.05, 0.1) is 12.3 Å². The maximum absolute atomic E-state index is 12.7. The van der Waals surface area contributed by atoms with E-state index in [4.69, 9.17) is 9.47 Å². The first-order chi connectivity index (χ1) is 13.8. The van der Waals surface area contributed by atoms with Gasteiger partial charge in [-0.3, -0.25) is 5.32 Å². The quantitative estimate of drug-likeness (QED) is 0.555. The van der Waals surface area contributed by atoms with Crippen LogP contribution >= 0.6 is 12.4 Å². The van der Waals surface area contributed by atoms with Crippen LogP contribution in [0, 0.1) is 5.92 Å². The van der Waals surface area contributed by atoms with Crippen LogP contribution in [0.25, 0.3) is 0 Å². The lowest BCUT2D eigenvalue weighted by molar-refractivity contribution is 0.0471. The lowest BCUT2D eigenvalue weighted by atomic mass is 9.95. The van der Waals surface area contributed by atoms with Gasteiger partial charge in [0.25, 0.3) is 0 Å². The highest BCUT2D eigenvalue weighted by Gasteiger charge is 2.29. The number of carbonyl (C=O) groups excluding carboxylic acids is 1. The van der Waals surface area contributed by atoms with Crippen molar-refractivity contribution in [2.75, 3.05) is 31.6 Å². The maximum Gasteiger partial charge on any atom is 0.412 e. The number of rotatable bonds is 7. The summed E-state index contributed by atoms with van der Waals surface area (Å²) in [7, 11) is 0. The SMILES string of the molecule is CCCOc1ccccc1NC(=O)OC1CCCCCC1CN1CCCCC1.Cl. The van der Waals surface area contributed by atoms with Crippen molar-refractivity contribution in [1.29, 1.82) is 0 Å². The van der Waals surface area contributed by atoms with E-state index in [1.165, 1.54) is 45.2 Å². The first-order valence-electron chi connectivity index (χ1n) is 11.2. The van der Waals surface area contributed by atoms with Gasteiger partial charge in [0.2, 0.25) is 0 Å². The molecule has 0 radical (unpaired) electrons. The molecule has 164 valence electrons. The van der Waals surface area contributed by atoms with Crippen LogP contribution in [0.5, 0.6) is 5.75 Å². The molecule has 1 saturated carbocycles. The predicted molar refractivity (Wildman–Crippen MR) is 120 cm³/mol. The summed E-state index contributed by atoms with van der Waals surface area (Å²) in [5.74, 6) is 1.14. The van der Waals surface area contributed by atoms with Crippen molar-refractivity contribution in [2.24, 2.45) is 5.92 Å². The Hall–Kier alpha value is -1.46. The van der Waals surface area contributed by atoms with E-state index < -0.39 is 0 Å². The number of para-hydroxylation sites is 2. The van der Waals surface area contributed by atoms with Crippen molar-refractivity contribution in [3.63, 3.8) is 0 Å². The van der Waals surface area contributed by atoms with Crippen molar-refractivity contribution in [3.8, 4) is 5.75 Å². The largest absolute Gasteiger partial charge is 0.491 e.